The van der Waals surface area contributed by atoms with E-state index in [1.54, 1.807) is 32.7 Å². The van der Waals surface area contributed by atoms with Crippen molar-refractivity contribution in [1.82, 2.24) is 28.5 Å². The van der Waals surface area contributed by atoms with Crippen LogP contribution in [0.15, 0.2) is 31.0 Å². The first-order chi connectivity index (χ1) is 12.0. The lowest BCUT2D eigenvalue weighted by Gasteiger charge is -2.33. The fraction of sp³-hybridized carbons (Fsp3) is 0.467. The van der Waals surface area contributed by atoms with E-state index in [9.17, 15) is 8.42 Å². The predicted octanol–water partition coefficient (Wildman–Crippen LogP) is 0.996. The van der Waals surface area contributed by atoms with Crippen molar-refractivity contribution < 1.29 is 8.42 Å². The predicted molar refractivity (Wildman–Crippen MR) is 93.5 cm³/mol. The second-order valence-corrected chi connectivity index (χ2v) is 8.19. The van der Waals surface area contributed by atoms with Gasteiger partial charge in [0.25, 0.3) is 10.2 Å². The van der Waals surface area contributed by atoms with Gasteiger partial charge in [0.2, 0.25) is 5.95 Å². The van der Waals surface area contributed by atoms with Gasteiger partial charge in [-0.1, -0.05) is 0 Å². The van der Waals surface area contributed by atoms with Crippen LogP contribution in [-0.4, -0.2) is 64.1 Å². The molecule has 134 valence electrons. The second kappa shape index (κ2) is 7.38. The lowest BCUT2D eigenvalue weighted by Crippen LogP contribution is -2.45. The fourth-order valence-electron chi connectivity index (χ4n) is 2.78. The summed E-state index contributed by atoms with van der Waals surface area (Å²) in [7, 11) is -0.310. The van der Waals surface area contributed by atoms with Crippen molar-refractivity contribution in [2.45, 2.75) is 18.8 Å². The first-order valence-electron chi connectivity index (χ1n) is 7.99. The van der Waals surface area contributed by atoms with E-state index in [-0.39, 0.29) is 5.92 Å². The summed E-state index contributed by atoms with van der Waals surface area (Å²) in [4.78, 5) is 16.6. The van der Waals surface area contributed by atoms with Crippen molar-refractivity contribution in [2.75, 3.05) is 32.5 Å². The number of hydrogen-bond acceptors (Lipinski definition) is 7. The zero-order valence-corrected chi connectivity index (χ0v) is 15.0. The van der Waals surface area contributed by atoms with Gasteiger partial charge in [-0.25, -0.2) is 19.9 Å². The molecule has 1 N–H and O–H groups in total. The molecule has 3 heterocycles. The minimum absolute atomic E-state index is 0.0408. The minimum atomic E-state index is -3.41. The molecule has 1 atom stereocenters. The average Bonchev–Trinajstić information content (AvgIpc) is 2.63. The summed E-state index contributed by atoms with van der Waals surface area (Å²) < 4.78 is 27.5. The molecule has 0 spiro atoms. The van der Waals surface area contributed by atoms with E-state index in [1.807, 2.05) is 6.07 Å². The van der Waals surface area contributed by atoms with Crippen LogP contribution in [-0.2, 0) is 10.2 Å². The molecule has 2 aromatic rings. The van der Waals surface area contributed by atoms with Gasteiger partial charge in [0.05, 0.1) is 23.8 Å². The third kappa shape index (κ3) is 4.09. The van der Waals surface area contributed by atoms with E-state index >= 15 is 0 Å². The molecule has 0 radical (unpaired) electrons. The van der Waals surface area contributed by atoms with Crippen molar-refractivity contribution in [3.05, 3.63) is 36.7 Å². The van der Waals surface area contributed by atoms with Gasteiger partial charge in [-0.2, -0.15) is 17.0 Å². The Labute approximate surface area is 147 Å². The van der Waals surface area contributed by atoms with Crippen LogP contribution >= 0.6 is 0 Å². The van der Waals surface area contributed by atoms with Crippen molar-refractivity contribution in [3.63, 3.8) is 0 Å². The Balaban J connectivity index is 1.76. The van der Waals surface area contributed by atoms with Crippen LogP contribution in [0.5, 0.6) is 0 Å². The Morgan fingerprint density at radius 3 is 2.76 bits per heavy atom. The van der Waals surface area contributed by atoms with E-state index in [2.05, 4.69) is 25.3 Å². The highest BCUT2D eigenvalue weighted by Crippen LogP contribution is 2.28. The Hall–Kier alpha value is -2.17. The van der Waals surface area contributed by atoms with Crippen LogP contribution in [0.4, 0.5) is 11.6 Å². The highest BCUT2D eigenvalue weighted by atomic mass is 32.2. The summed E-state index contributed by atoms with van der Waals surface area (Å²) >= 11 is 0. The number of piperidine rings is 1. The molecule has 0 amide bonds. The third-order valence-electron chi connectivity index (χ3n) is 4.08. The molecule has 2 aromatic heterocycles. The lowest BCUT2D eigenvalue weighted by atomic mass is 9.96. The van der Waals surface area contributed by atoms with Crippen molar-refractivity contribution in [3.8, 4) is 0 Å². The maximum absolute atomic E-state index is 12.4. The van der Waals surface area contributed by atoms with Crippen LogP contribution < -0.4 is 5.32 Å². The molecule has 0 aromatic carbocycles. The summed E-state index contributed by atoms with van der Waals surface area (Å²) in [5.74, 6) is 0.485. The van der Waals surface area contributed by atoms with Gasteiger partial charge in [-0.15, -0.1) is 0 Å². The van der Waals surface area contributed by atoms with E-state index < -0.39 is 10.2 Å². The smallest absolute Gasteiger partial charge is 0.281 e. The Morgan fingerprint density at radius 2 is 2.04 bits per heavy atom. The Kier molecular flexibility index (Phi) is 5.21. The third-order valence-corrected chi connectivity index (χ3v) is 5.99. The molecule has 1 aliphatic rings. The largest absolute Gasteiger partial charge is 0.322 e. The number of nitrogens with zero attached hydrogens (tertiary/aromatic N) is 6. The number of hydrogen-bond donors (Lipinski definition) is 1. The normalized spacial score (nSPS) is 19.1. The molecule has 1 saturated heterocycles. The quantitative estimate of drug-likeness (QED) is 0.845. The summed E-state index contributed by atoms with van der Waals surface area (Å²) in [5.41, 5.74) is 1.52. The average molecular weight is 363 g/mol. The van der Waals surface area contributed by atoms with Crippen LogP contribution in [0.25, 0.3) is 0 Å². The van der Waals surface area contributed by atoms with Gasteiger partial charge < -0.3 is 5.32 Å². The number of rotatable bonds is 5. The number of aromatic nitrogens is 4. The maximum Gasteiger partial charge on any atom is 0.281 e. The maximum atomic E-state index is 12.4. The highest BCUT2D eigenvalue weighted by molar-refractivity contribution is 7.86. The van der Waals surface area contributed by atoms with Gasteiger partial charge in [0.15, 0.2) is 0 Å². The van der Waals surface area contributed by atoms with Gasteiger partial charge in [-0.05, 0) is 18.9 Å². The minimum Gasteiger partial charge on any atom is -0.322 e. The van der Waals surface area contributed by atoms with Gasteiger partial charge in [0, 0.05) is 39.3 Å². The summed E-state index contributed by atoms with van der Waals surface area (Å²) in [6.07, 6.45) is 8.09. The molecule has 1 aliphatic heterocycles. The zero-order valence-electron chi connectivity index (χ0n) is 14.2. The Bertz CT molecular complexity index is 814. The molecule has 0 bridgehead atoms. The number of anilines is 2. The van der Waals surface area contributed by atoms with E-state index in [0.717, 1.165) is 18.5 Å². The standard InChI is InChI=1S/C15H21N7O2S/c1-21(2)25(23,24)22-7-3-4-12(10-22)14-5-6-18-15(20-14)19-13-8-16-11-17-9-13/h5-6,8-9,11-12H,3-4,7,10H2,1-2H3,(H,18,19,20). The molecule has 10 heteroatoms. The zero-order chi connectivity index (χ0) is 17.9. The van der Waals surface area contributed by atoms with Crippen LogP contribution in [0.1, 0.15) is 24.5 Å². The van der Waals surface area contributed by atoms with Gasteiger partial charge in [0.1, 0.15) is 6.33 Å². The van der Waals surface area contributed by atoms with Crippen molar-refractivity contribution >= 4 is 21.8 Å². The van der Waals surface area contributed by atoms with Crippen molar-refractivity contribution in [2.24, 2.45) is 0 Å². The summed E-state index contributed by atoms with van der Waals surface area (Å²) in [5, 5.41) is 3.06. The first-order valence-corrected chi connectivity index (χ1v) is 9.39. The second-order valence-electron chi connectivity index (χ2n) is 6.04. The topological polar surface area (TPSA) is 104 Å². The highest BCUT2D eigenvalue weighted by Gasteiger charge is 2.31. The van der Waals surface area contributed by atoms with Crippen LogP contribution in [0.2, 0.25) is 0 Å². The molecule has 1 fully saturated rings. The van der Waals surface area contributed by atoms with Crippen LogP contribution in [0.3, 0.4) is 0 Å². The molecular weight excluding hydrogens is 342 g/mol. The van der Waals surface area contributed by atoms with E-state index in [4.69, 9.17) is 0 Å². The summed E-state index contributed by atoms with van der Waals surface area (Å²) in [6.45, 7) is 0.958. The SMILES string of the molecule is CN(C)S(=O)(=O)N1CCCC(c2ccnc(Nc3cncnc3)n2)C1. The molecular formula is C15H21N7O2S. The first kappa shape index (κ1) is 17.6. The molecule has 9 nitrogen and oxygen atoms in total. The lowest BCUT2D eigenvalue weighted by molar-refractivity contribution is 0.296. The summed E-state index contributed by atoms with van der Waals surface area (Å²) in [6, 6.07) is 1.84. The molecule has 0 aliphatic carbocycles. The van der Waals surface area contributed by atoms with E-state index in [0.29, 0.717) is 24.7 Å². The van der Waals surface area contributed by atoms with Crippen LogP contribution in [0, 0.1) is 0 Å². The van der Waals surface area contributed by atoms with Crippen molar-refractivity contribution in [1.29, 1.82) is 0 Å². The van der Waals surface area contributed by atoms with E-state index in [1.165, 1.54) is 14.9 Å². The fourth-order valence-corrected chi connectivity index (χ4v) is 3.97. The molecule has 25 heavy (non-hydrogen) atoms. The number of nitrogens with one attached hydrogen (secondary N) is 1. The van der Waals surface area contributed by atoms with Gasteiger partial charge in [-0.3, -0.25) is 0 Å². The molecule has 0 saturated carbocycles. The molecule has 3 rings (SSSR count). The monoisotopic (exact) mass is 363 g/mol. The molecule has 1 unspecified atom stereocenters. The Morgan fingerprint density at radius 1 is 1.28 bits per heavy atom. The van der Waals surface area contributed by atoms with Gasteiger partial charge >= 0.3 is 0 Å².